The Labute approximate surface area is 161 Å². The minimum atomic E-state index is -0.229. The summed E-state index contributed by atoms with van der Waals surface area (Å²) in [5.41, 5.74) is 3.08. The van der Waals surface area contributed by atoms with Gasteiger partial charge >= 0.3 is 0 Å². The van der Waals surface area contributed by atoms with Crippen molar-refractivity contribution in [1.29, 1.82) is 0 Å². The summed E-state index contributed by atoms with van der Waals surface area (Å²) in [6.07, 6.45) is 1.47. The number of hydrogen-bond acceptors (Lipinski definition) is 6. The third-order valence-corrected chi connectivity index (χ3v) is 4.58. The van der Waals surface area contributed by atoms with E-state index in [9.17, 15) is 4.79 Å². The summed E-state index contributed by atoms with van der Waals surface area (Å²) in [6, 6.07) is 10.7. The zero-order valence-corrected chi connectivity index (χ0v) is 16.2. The lowest BCUT2D eigenvalue weighted by Crippen LogP contribution is -2.19. The summed E-state index contributed by atoms with van der Waals surface area (Å²) in [7, 11) is 4.63. The largest absolute Gasteiger partial charge is 0.496 e. The first-order valence-electron chi connectivity index (χ1n) is 7.57. The average molecular weight is 395 g/mol. The van der Waals surface area contributed by atoms with Crippen LogP contribution in [0.15, 0.2) is 46.4 Å². The Morgan fingerprint density at radius 1 is 1.12 bits per heavy atom. The molecule has 1 amide bonds. The maximum Gasteiger partial charge on any atom is 0.250 e. The van der Waals surface area contributed by atoms with Gasteiger partial charge < -0.3 is 14.2 Å². The van der Waals surface area contributed by atoms with Gasteiger partial charge in [-0.2, -0.15) is 5.10 Å². The van der Waals surface area contributed by atoms with Gasteiger partial charge in [0, 0.05) is 22.1 Å². The van der Waals surface area contributed by atoms with E-state index < -0.39 is 0 Å². The van der Waals surface area contributed by atoms with E-state index in [2.05, 4.69) is 10.5 Å². The molecule has 0 aliphatic carbocycles. The number of nitrogens with one attached hydrogen (secondary N) is 1. The smallest absolute Gasteiger partial charge is 0.250 e. The van der Waals surface area contributed by atoms with Crippen molar-refractivity contribution in [3.05, 3.63) is 47.0 Å². The van der Waals surface area contributed by atoms with Crippen molar-refractivity contribution in [2.75, 3.05) is 27.1 Å². The van der Waals surface area contributed by atoms with E-state index in [-0.39, 0.29) is 11.7 Å². The Bertz CT molecular complexity index is 756. The first-order chi connectivity index (χ1) is 12.6. The van der Waals surface area contributed by atoms with Crippen molar-refractivity contribution < 1.29 is 19.0 Å². The molecule has 1 N–H and O–H groups in total. The van der Waals surface area contributed by atoms with E-state index in [0.29, 0.717) is 27.8 Å². The van der Waals surface area contributed by atoms with Crippen LogP contribution in [0.5, 0.6) is 17.2 Å². The van der Waals surface area contributed by atoms with Gasteiger partial charge in [-0.3, -0.25) is 4.79 Å². The van der Waals surface area contributed by atoms with Gasteiger partial charge in [-0.15, -0.1) is 11.8 Å². The normalized spacial score (nSPS) is 10.6. The summed E-state index contributed by atoms with van der Waals surface area (Å²) in [5.74, 6) is 1.65. The maximum atomic E-state index is 11.9. The number of ether oxygens (including phenoxy) is 3. The number of methoxy groups -OCH3 is 3. The Morgan fingerprint density at radius 3 is 2.27 bits per heavy atom. The average Bonchev–Trinajstić information content (AvgIpc) is 2.67. The Morgan fingerprint density at radius 2 is 1.73 bits per heavy atom. The zero-order chi connectivity index (χ0) is 18.9. The minimum absolute atomic E-state index is 0.229. The number of benzene rings is 2. The summed E-state index contributed by atoms with van der Waals surface area (Å²) in [5, 5.41) is 4.64. The minimum Gasteiger partial charge on any atom is -0.496 e. The molecule has 6 nitrogen and oxygen atoms in total. The van der Waals surface area contributed by atoms with Crippen LogP contribution in [0.4, 0.5) is 0 Å². The lowest BCUT2D eigenvalue weighted by molar-refractivity contribution is -0.118. The highest BCUT2D eigenvalue weighted by molar-refractivity contribution is 8.00. The Hall–Kier alpha value is -2.38. The molecule has 0 saturated carbocycles. The molecule has 0 bridgehead atoms. The lowest BCUT2D eigenvalue weighted by Gasteiger charge is -2.12. The number of amides is 1. The number of hydrazone groups is 1. The third-order valence-electron chi connectivity index (χ3n) is 3.32. The van der Waals surface area contributed by atoms with Crippen LogP contribution in [0.25, 0.3) is 0 Å². The van der Waals surface area contributed by atoms with Gasteiger partial charge in [0.2, 0.25) is 5.91 Å². The van der Waals surface area contributed by atoms with Crippen LogP contribution in [0.1, 0.15) is 5.56 Å². The van der Waals surface area contributed by atoms with Crippen LogP contribution in [-0.4, -0.2) is 39.2 Å². The second-order valence-corrected chi connectivity index (χ2v) is 6.47. The molecule has 0 saturated heterocycles. The zero-order valence-electron chi connectivity index (χ0n) is 14.6. The number of hydrogen-bond donors (Lipinski definition) is 1. The van der Waals surface area contributed by atoms with E-state index in [1.54, 1.807) is 31.4 Å². The lowest BCUT2D eigenvalue weighted by atomic mass is 10.2. The van der Waals surface area contributed by atoms with Gasteiger partial charge in [-0.1, -0.05) is 11.6 Å². The van der Waals surface area contributed by atoms with Gasteiger partial charge in [-0.05, 0) is 24.3 Å². The molecule has 0 aliphatic heterocycles. The fourth-order valence-corrected chi connectivity index (χ4v) is 2.86. The second kappa shape index (κ2) is 9.94. The molecular formula is C18H19ClN2O4S. The first-order valence-corrected chi connectivity index (χ1v) is 8.94. The number of thioether (sulfide) groups is 1. The third kappa shape index (κ3) is 5.57. The fourth-order valence-electron chi connectivity index (χ4n) is 2.04. The van der Waals surface area contributed by atoms with Crippen molar-refractivity contribution in [1.82, 2.24) is 5.43 Å². The van der Waals surface area contributed by atoms with Crippen LogP contribution in [-0.2, 0) is 4.79 Å². The van der Waals surface area contributed by atoms with Crippen molar-refractivity contribution in [2.45, 2.75) is 4.90 Å². The van der Waals surface area contributed by atoms with Crippen molar-refractivity contribution >= 4 is 35.5 Å². The number of rotatable bonds is 8. The molecule has 2 aromatic rings. The van der Waals surface area contributed by atoms with Crippen molar-refractivity contribution in [2.24, 2.45) is 5.10 Å². The number of nitrogens with zero attached hydrogens (tertiary/aromatic N) is 1. The SMILES string of the molecule is COc1cc(OC)c(/C=N/NC(=O)CSc2ccc(Cl)cc2)c(OC)c1. The van der Waals surface area contributed by atoms with Crippen LogP contribution in [0.3, 0.4) is 0 Å². The molecule has 0 aliphatic rings. The molecule has 0 atom stereocenters. The molecule has 2 aromatic carbocycles. The van der Waals surface area contributed by atoms with Crippen LogP contribution in [0, 0.1) is 0 Å². The van der Waals surface area contributed by atoms with Crippen LogP contribution < -0.4 is 19.6 Å². The van der Waals surface area contributed by atoms with Gasteiger partial charge in [-0.25, -0.2) is 5.43 Å². The van der Waals surface area contributed by atoms with Crippen molar-refractivity contribution in [3.8, 4) is 17.2 Å². The monoisotopic (exact) mass is 394 g/mol. The number of halogens is 1. The highest BCUT2D eigenvalue weighted by Crippen LogP contribution is 2.32. The molecule has 26 heavy (non-hydrogen) atoms. The van der Waals surface area contributed by atoms with E-state index in [1.807, 2.05) is 12.1 Å². The summed E-state index contributed by atoms with van der Waals surface area (Å²) in [4.78, 5) is 12.9. The Balaban J connectivity index is 1.98. The predicted octanol–water partition coefficient (Wildman–Crippen LogP) is 3.61. The number of carbonyl (C=O) groups is 1. The van der Waals surface area contributed by atoms with Crippen LogP contribution >= 0.6 is 23.4 Å². The Kier molecular flexibility index (Phi) is 7.62. The van der Waals surface area contributed by atoms with Crippen molar-refractivity contribution in [3.63, 3.8) is 0 Å². The molecule has 2 rings (SSSR count). The molecular weight excluding hydrogens is 376 g/mol. The molecule has 0 heterocycles. The molecule has 8 heteroatoms. The van der Waals surface area contributed by atoms with E-state index >= 15 is 0 Å². The predicted molar refractivity (Wildman–Crippen MR) is 104 cm³/mol. The first kappa shape index (κ1) is 19.9. The van der Waals surface area contributed by atoms with E-state index in [4.69, 9.17) is 25.8 Å². The molecule has 0 unspecified atom stereocenters. The summed E-state index contributed by atoms with van der Waals surface area (Å²) < 4.78 is 15.8. The molecule has 0 radical (unpaired) electrons. The summed E-state index contributed by atoms with van der Waals surface area (Å²) in [6.45, 7) is 0. The maximum absolute atomic E-state index is 11.9. The quantitative estimate of drug-likeness (QED) is 0.421. The molecule has 138 valence electrons. The van der Waals surface area contributed by atoms with E-state index in [0.717, 1.165) is 4.90 Å². The van der Waals surface area contributed by atoms with Gasteiger partial charge in [0.15, 0.2) is 0 Å². The van der Waals surface area contributed by atoms with Crippen LogP contribution in [0.2, 0.25) is 5.02 Å². The number of carbonyl (C=O) groups excluding carboxylic acids is 1. The highest BCUT2D eigenvalue weighted by Gasteiger charge is 2.11. The van der Waals surface area contributed by atoms with Gasteiger partial charge in [0.25, 0.3) is 0 Å². The molecule has 0 aromatic heterocycles. The molecule has 0 fully saturated rings. The second-order valence-electron chi connectivity index (χ2n) is 4.98. The molecule has 0 spiro atoms. The standard InChI is InChI=1S/C18H19ClN2O4S/c1-23-13-8-16(24-2)15(17(9-13)25-3)10-20-21-18(22)11-26-14-6-4-12(19)5-7-14/h4-10H,11H2,1-3H3,(H,21,22)/b20-10+. The fraction of sp³-hybridized carbons (Fsp3) is 0.222. The van der Waals surface area contributed by atoms with E-state index in [1.165, 1.54) is 32.2 Å². The topological polar surface area (TPSA) is 69.2 Å². The van der Waals surface area contributed by atoms with Gasteiger partial charge in [0.05, 0.1) is 38.9 Å². The summed E-state index contributed by atoms with van der Waals surface area (Å²) >= 11 is 7.23. The highest BCUT2D eigenvalue weighted by atomic mass is 35.5. The van der Waals surface area contributed by atoms with Gasteiger partial charge in [0.1, 0.15) is 17.2 Å².